The summed E-state index contributed by atoms with van der Waals surface area (Å²) in [5, 5.41) is 15.7. The molecule has 3 amide bonds. The van der Waals surface area contributed by atoms with Crippen LogP contribution in [0.2, 0.25) is 0 Å². The zero-order valence-electron chi connectivity index (χ0n) is 18.6. The second kappa shape index (κ2) is 9.23. The summed E-state index contributed by atoms with van der Waals surface area (Å²) in [6, 6.07) is 9.95. The Labute approximate surface area is 186 Å². The zero-order valence-corrected chi connectivity index (χ0v) is 18.6. The molecule has 32 heavy (non-hydrogen) atoms. The van der Waals surface area contributed by atoms with Crippen LogP contribution in [0.25, 0.3) is 32.6 Å². The van der Waals surface area contributed by atoms with Crippen molar-refractivity contribution in [3.63, 3.8) is 0 Å². The highest BCUT2D eigenvalue weighted by molar-refractivity contribution is 6.24. The van der Waals surface area contributed by atoms with Gasteiger partial charge in [0.25, 0.3) is 5.91 Å². The van der Waals surface area contributed by atoms with E-state index < -0.39 is 0 Å². The number of nitrogens with one attached hydrogen (secondary N) is 5. The Hall–Kier alpha value is -3.65. The van der Waals surface area contributed by atoms with Crippen LogP contribution in [-0.2, 0) is 7.05 Å². The number of carbonyl (C=O) groups excluding carboxylic acids is 2. The molecular formula is C24H29N6O2+. The molecule has 4 rings (SSSR count). The third-order valence-corrected chi connectivity index (χ3v) is 5.73. The first-order valence-corrected chi connectivity index (χ1v) is 10.8. The van der Waals surface area contributed by atoms with Gasteiger partial charge in [0.1, 0.15) is 7.05 Å². The maximum atomic E-state index is 13.3. The average Bonchev–Trinajstić information content (AvgIpc) is 3.18. The standard InChI is InChI=1S/C24H28N6O2/c1-15-18-14-30(3)13-8-16(18)21(22-20(15)17-6-4-5-7-19(17)29-22)23(31)27-11-9-26-10-12-28-24(32)25-2/h4-8,13-14,26H,9-12H2,1-3H3,(H3,25,27,28,31,32)/p+1. The van der Waals surface area contributed by atoms with Crippen molar-refractivity contribution >= 4 is 44.5 Å². The van der Waals surface area contributed by atoms with Crippen LogP contribution in [0.15, 0.2) is 42.7 Å². The van der Waals surface area contributed by atoms with Gasteiger partial charge in [-0.3, -0.25) is 4.79 Å². The molecular weight excluding hydrogens is 404 g/mol. The smallest absolute Gasteiger partial charge is 0.314 e. The van der Waals surface area contributed by atoms with Crippen LogP contribution < -0.4 is 25.8 Å². The summed E-state index contributed by atoms with van der Waals surface area (Å²) in [7, 11) is 3.57. The SMILES string of the molecule is CNC(=O)NCCNCCNC(=O)c1c2cc[n+](C)cc2c(C)c2c1[nH]c1ccccc12. The first kappa shape index (κ1) is 21.6. The fraction of sp³-hybridized carbons (Fsp3) is 0.292. The van der Waals surface area contributed by atoms with Crippen molar-refractivity contribution in [3.05, 3.63) is 53.9 Å². The third kappa shape index (κ3) is 4.09. The van der Waals surface area contributed by atoms with E-state index in [1.54, 1.807) is 7.05 Å². The van der Waals surface area contributed by atoms with Gasteiger partial charge in [0.2, 0.25) is 0 Å². The number of hydrogen-bond donors (Lipinski definition) is 5. The molecule has 4 aromatic rings. The predicted molar refractivity (Wildman–Crippen MR) is 127 cm³/mol. The monoisotopic (exact) mass is 433 g/mol. The number of carbonyl (C=O) groups is 2. The lowest BCUT2D eigenvalue weighted by molar-refractivity contribution is -0.670. The number of aryl methyl sites for hydroxylation is 2. The number of nitrogens with zero attached hydrogens (tertiary/aromatic N) is 1. The first-order chi connectivity index (χ1) is 15.5. The van der Waals surface area contributed by atoms with Gasteiger partial charge >= 0.3 is 6.03 Å². The first-order valence-electron chi connectivity index (χ1n) is 10.8. The molecule has 8 nitrogen and oxygen atoms in total. The Bertz CT molecular complexity index is 1310. The largest absolute Gasteiger partial charge is 0.354 e. The van der Waals surface area contributed by atoms with Gasteiger partial charge in [-0.2, -0.15) is 0 Å². The molecule has 0 unspecified atom stereocenters. The molecule has 0 radical (unpaired) electrons. The van der Waals surface area contributed by atoms with E-state index >= 15 is 0 Å². The summed E-state index contributed by atoms with van der Waals surface area (Å²) < 4.78 is 2.01. The molecule has 0 aliphatic heterocycles. The Morgan fingerprint density at radius 2 is 1.72 bits per heavy atom. The van der Waals surface area contributed by atoms with Crippen molar-refractivity contribution < 1.29 is 14.2 Å². The normalized spacial score (nSPS) is 11.2. The summed E-state index contributed by atoms with van der Waals surface area (Å²) >= 11 is 0. The Balaban J connectivity index is 1.60. The van der Waals surface area contributed by atoms with Crippen LogP contribution in [0.4, 0.5) is 4.79 Å². The molecule has 0 aliphatic rings. The number of H-pyrrole nitrogens is 1. The van der Waals surface area contributed by atoms with Gasteiger partial charge in [0.05, 0.1) is 16.5 Å². The van der Waals surface area contributed by atoms with E-state index in [0.717, 1.165) is 38.1 Å². The van der Waals surface area contributed by atoms with Crippen LogP contribution in [0.3, 0.4) is 0 Å². The zero-order chi connectivity index (χ0) is 22.7. The summed E-state index contributed by atoms with van der Waals surface area (Å²) in [6.07, 6.45) is 4.04. The molecule has 166 valence electrons. The highest BCUT2D eigenvalue weighted by atomic mass is 16.2. The van der Waals surface area contributed by atoms with Gasteiger partial charge < -0.3 is 26.3 Å². The number of para-hydroxylation sites is 1. The van der Waals surface area contributed by atoms with Gasteiger partial charge in [-0.25, -0.2) is 9.36 Å². The minimum Gasteiger partial charge on any atom is -0.354 e. The molecule has 0 fully saturated rings. The fourth-order valence-electron chi connectivity index (χ4n) is 4.17. The van der Waals surface area contributed by atoms with E-state index in [1.165, 1.54) is 0 Å². The molecule has 0 atom stereocenters. The predicted octanol–water partition coefficient (Wildman–Crippen LogP) is 1.86. The number of pyridine rings is 1. The number of hydrogen-bond acceptors (Lipinski definition) is 3. The minimum atomic E-state index is -0.206. The maximum Gasteiger partial charge on any atom is 0.314 e. The summed E-state index contributed by atoms with van der Waals surface area (Å²) in [4.78, 5) is 28.0. The van der Waals surface area contributed by atoms with Gasteiger partial charge in [0.15, 0.2) is 12.4 Å². The van der Waals surface area contributed by atoms with Crippen LogP contribution in [0.5, 0.6) is 0 Å². The molecule has 8 heteroatoms. The molecule has 2 heterocycles. The fourth-order valence-corrected chi connectivity index (χ4v) is 4.17. The van der Waals surface area contributed by atoms with E-state index in [1.807, 2.05) is 42.1 Å². The van der Waals surface area contributed by atoms with Gasteiger partial charge in [-0.05, 0) is 18.6 Å². The average molecular weight is 434 g/mol. The highest BCUT2D eigenvalue weighted by Gasteiger charge is 2.22. The lowest BCUT2D eigenvalue weighted by Crippen LogP contribution is -2.39. The van der Waals surface area contributed by atoms with E-state index in [-0.39, 0.29) is 11.9 Å². The van der Waals surface area contributed by atoms with Crippen LogP contribution in [-0.4, -0.2) is 50.1 Å². The third-order valence-electron chi connectivity index (χ3n) is 5.73. The second-order valence-corrected chi connectivity index (χ2v) is 7.87. The van der Waals surface area contributed by atoms with Gasteiger partial charge in [-0.1, -0.05) is 18.2 Å². The number of rotatable bonds is 7. The molecule has 2 aromatic carbocycles. The number of urea groups is 1. The number of fused-ring (bicyclic) bond motifs is 4. The van der Waals surface area contributed by atoms with Crippen molar-refractivity contribution in [1.29, 1.82) is 0 Å². The molecule has 0 saturated carbocycles. The van der Waals surface area contributed by atoms with Gasteiger partial charge in [0, 0.05) is 61.0 Å². The molecule has 0 spiro atoms. The van der Waals surface area contributed by atoms with Crippen molar-refractivity contribution in [3.8, 4) is 0 Å². The summed E-state index contributed by atoms with van der Waals surface area (Å²) in [5.74, 6) is -0.106. The molecule has 0 aliphatic carbocycles. The van der Waals surface area contributed by atoms with E-state index in [9.17, 15) is 9.59 Å². The van der Waals surface area contributed by atoms with Crippen molar-refractivity contribution in [2.75, 3.05) is 33.2 Å². The Morgan fingerprint density at radius 1 is 0.969 bits per heavy atom. The molecule has 2 aromatic heterocycles. The van der Waals surface area contributed by atoms with Crippen molar-refractivity contribution in [2.45, 2.75) is 6.92 Å². The highest BCUT2D eigenvalue weighted by Crippen LogP contribution is 2.36. The topological polar surface area (TPSA) is 102 Å². The maximum absolute atomic E-state index is 13.3. The van der Waals surface area contributed by atoms with Gasteiger partial charge in [-0.15, -0.1) is 0 Å². The number of aromatic amines is 1. The quantitative estimate of drug-likeness (QED) is 0.227. The summed E-state index contributed by atoms with van der Waals surface area (Å²) in [5.41, 5.74) is 3.71. The molecule has 0 saturated heterocycles. The van der Waals surface area contributed by atoms with E-state index in [4.69, 9.17) is 0 Å². The molecule has 5 N–H and O–H groups in total. The number of amides is 3. The van der Waals surface area contributed by atoms with Crippen molar-refractivity contribution in [2.24, 2.45) is 7.05 Å². The Kier molecular flexibility index (Phi) is 6.23. The Morgan fingerprint density at radius 3 is 2.50 bits per heavy atom. The lowest BCUT2D eigenvalue weighted by atomic mass is 9.95. The number of aromatic nitrogens is 2. The second-order valence-electron chi connectivity index (χ2n) is 7.87. The van der Waals surface area contributed by atoms with Crippen molar-refractivity contribution in [1.82, 2.24) is 26.3 Å². The summed E-state index contributed by atoms with van der Waals surface area (Å²) in [6.45, 7) is 4.35. The van der Waals surface area contributed by atoms with E-state index in [2.05, 4.69) is 45.4 Å². The molecule has 0 bridgehead atoms. The van der Waals surface area contributed by atoms with Crippen LogP contribution in [0, 0.1) is 6.92 Å². The van der Waals surface area contributed by atoms with Crippen LogP contribution >= 0.6 is 0 Å². The number of benzene rings is 2. The lowest BCUT2D eigenvalue weighted by Gasteiger charge is -2.12. The van der Waals surface area contributed by atoms with E-state index in [0.29, 0.717) is 31.7 Å². The van der Waals surface area contributed by atoms with Crippen LogP contribution in [0.1, 0.15) is 15.9 Å². The minimum absolute atomic E-state index is 0.106.